The highest BCUT2D eigenvalue weighted by molar-refractivity contribution is 9.11. The predicted octanol–water partition coefficient (Wildman–Crippen LogP) is 2.20. The van der Waals surface area contributed by atoms with Crippen molar-refractivity contribution >= 4 is 55.0 Å². The van der Waals surface area contributed by atoms with E-state index in [0.29, 0.717) is 15.3 Å². The van der Waals surface area contributed by atoms with Gasteiger partial charge in [-0.3, -0.25) is 4.79 Å². The molecule has 0 aliphatic carbocycles. The summed E-state index contributed by atoms with van der Waals surface area (Å²) in [7, 11) is -3.92. The molecule has 1 aliphatic heterocycles. The number of nitriles is 1. The Hall–Kier alpha value is -2.49. The molecule has 30 heavy (non-hydrogen) atoms. The van der Waals surface area contributed by atoms with E-state index in [4.69, 9.17) is 4.74 Å². The minimum atomic E-state index is -3.92. The van der Waals surface area contributed by atoms with Crippen LogP contribution in [0.25, 0.3) is 0 Å². The Morgan fingerprint density at radius 1 is 1.43 bits per heavy atom. The van der Waals surface area contributed by atoms with Gasteiger partial charge in [0.25, 0.3) is 10.0 Å². The van der Waals surface area contributed by atoms with Crippen molar-refractivity contribution in [3.8, 4) is 6.07 Å². The van der Waals surface area contributed by atoms with Crippen molar-refractivity contribution in [2.75, 3.05) is 24.6 Å². The third-order valence-corrected chi connectivity index (χ3v) is 7.87. The number of ether oxygens (including phenoxy) is 1. The van der Waals surface area contributed by atoms with Crippen molar-refractivity contribution in [1.29, 1.82) is 5.26 Å². The van der Waals surface area contributed by atoms with Gasteiger partial charge in [0, 0.05) is 13.1 Å². The fourth-order valence-corrected chi connectivity index (χ4v) is 5.96. The predicted molar refractivity (Wildman–Crippen MR) is 113 cm³/mol. The van der Waals surface area contributed by atoms with E-state index in [1.54, 1.807) is 24.8 Å². The molecule has 0 unspecified atom stereocenters. The second-order valence-electron chi connectivity index (χ2n) is 6.45. The van der Waals surface area contributed by atoms with E-state index in [-0.39, 0.29) is 35.0 Å². The second kappa shape index (κ2) is 8.71. The summed E-state index contributed by atoms with van der Waals surface area (Å²) in [5.41, 5.74) is 0.599. The number of carbonyl (C=O) groups is 2. The Bertz CT molecular complexity index is 1150. The molecular weight excluding hydrogens is 496 g/mol. The molecule has 1 aliphatic rings. The molecule has 158 valence electrons. The molecule has 3 rings (SSSR count). The van der Waals surface area contributed by atoms with E-state index in [0.717, 1.165) is 11.3 Å². The molecule has 0 atom stereocenters. The number of hydrogen-bond acceptors (Lipinski definition) is 9. The number of thiophene rings is 1. The summed E-state index contributed by atoms with van der Waals surface area (Å²) in [6.45, 7) is 3.94. The van der Waals surface area contributed by atoms with Crippen molar-refractivity contribution in [3.63, 3.8) is 0 Å². The van der Waals surface area contributed by atoms with Crippen LogP contribution < -0.4 is 9.62 Å². The third-order valence-electron chi connectivity index (χ3n) is 4.41. The molecule has 0 aromatic carbocycles. The number of carbonyl (C=O) groups excluding carboxylic acids is 2. The minimum absolute atomic E-state index is 0.0458. The number of nitrogens with zero attached hydrogens (tertiary/aromatic N) is 3. The molecule has 1 saturated heterocycles. The number of halogens is 1. The number of esters is 1. The molecule has 12 heteroatoms. The Balaban J connectivity index is 1.69. The Morgan fingerprint density at radius 3 is 2.70 bits per heavy atom. The monoisotopic (exact) mass is 512 g/mol. The lowest BCUT2D eigenvalue weighted by atomic mass is 9.99. The number of amides is 1. The molecule has 2 aromatic rings. The quantitative estimate of drug-likeness (QED) is 0.582. The summed E-state index contributed by atoms with van der Waals surface area (Å²) in [5, 5.41) is 9.40. The average Bonchev–Trinajstić information content (AvgIpc) is 3.07. The Labute approximate surface area is 185 Å². The van der Waals surface area contributed by atoms with Crippen LogP contribution in [0.4, 0.5) is 5.82 Å². The maximum Gasteiger partial charge on any atom is 0.341 e. The van der Waals surface area contributed by atoms with Gasteiger partial charge in [0.15, 0.2) is 0 Å². The van der Waals surface area contributed by atoms with Gasteiger partial charge in [-0.25, -0.2) is 22.9 Å². The largest absolute Gasteiger partial charge is 0.462 e. The van der Waals surface area contributed by atoms with Crippen LogP contribution in [0.3, 0.4) is 0 Å². The third kappa shape index (κ3) is 4.48. The first kappa shape index (κ1) is 22.2. The standard InChI is InChI=1S/C18H17BrN4O5S2/c1-3-28-18(25)16-10(2)21-14(6-11(16)7-20)23-8-12(9-23)17(24)22-30(26,27)15-5-4-13(19)29-15/h4-6,12H,3,8-9H2,1-2H3,(H,22,24). The number of hydrogen-bond donors (Lipinski definition) is 1. The van der Waals surface area contributed by atoms with E-state index in [1.165, 1.54) is 12.1 Å². The molecule has 0 radical (unpaired) electrons. The van der Waals surface area contributed by atoms with Crippen LogP contribution in [0.15, 0.2) is 26.2 Å². The minimum Gasteiger partial charge on any atom is -0.462 e. The first-order valence-electron chi connectivity index (χ1n) is 8.82. The fourth-order valence-electron chi connectivity index (χ4n) is 2.91. The Kier molecular flexibility index (Phi) is 6.44. The highest BCUT2D eigenvalue weighted by atomic mass is 79.9. The van der Waals surface area contributed by atoms with E-state index in [1.807, 2.05) is 6.07 Å². The van der Waals surface area contributed by atoms with Crippen LogP contribution in [0.5, 0.6) is 0 Å². The first-order chi connectivity index (χ1) is 14.2. The molecule has 0 spiro atoms. The van der Waals surface area contributed by atoms with Gasteiger partial charge in [-0.15, -0.1) is 11.3 Å². The summed E-state index contributed by atoms with van der Waals surface area (Å²) in [6.07, 6.45) is 0. The number of pyridine rings is 1. The zero-order valence-corrected chi connectivity index (χ0v) is 19.2. The average molecular weight is 513 g/mol. The van der Waals surface area contributed by atoms with E-state index >= 15 is 0 Å². The van der Waals surface area contributed by atoms with Gasteiger partial charge in [0.1, 0.15) is 16.1 Å². The molecule has 0 bridgehead atoms. The molecule has 2 aromatic heterocycles. The highest BCUT2D eigenvalue weighted by Gasteiger charge is 2.36. The van der Waals surface area contributed by atoms with E-state index in [2.05, 4.69) is 25.6 Å². The van der Waals surface area contributed by atoms with Crippen molar-refractivity contribution in [1.82, 2.24) is 9.71 Å². The number of sulfonamides is 1. The van der Waals surface area contributed by atoms with Crippen LogP contribution in [0.2, 0.25) is 0 Å². The van der Waals surface area contributed by atoms with Gasteiger partial charge in [-0.05, 0) is 48.0 Å². The van der Waals surface area contributed by atoms with Crippen molar-refractivity contribution in [2.24, 2.45) is 5.92 Å². The normalized spacial score (nSPS) is 14.0. The lowest BCUT2D eigenvalue weighted by molar-refractivity contribution is -0.123. The SMILES string of the molecule is CCOC(=O)c1c(C#N)cc(N2CC(C(=O)NS(=O)(=O)c3ccc(Br)s3)C2)nc1C. The van der Waals surface area contributed by atoms with E-state index < -0.39 is 27.8 Å². The van der Waals surface area contributed by atoms with Crippen LogP contribution in [-0.4, -0.2) is 45.0 Å². The van der Waals surface area contributed by atoms with Gasteiger partial charge in [-0.1, -0.05) is 0 Å². The van der Waals surface area contributed by atoms with Crippen molar-refractivity contribution < 1.29 is 22.7 Å². The van der Waals surface area contributed by atoms with Crippen LogP contribution >= 0.6 is 27.3 Å². The van der Waals surface area contributed by atoms with Gasteiger partial charge in [-0.2, -0.15) is 5.26 Å². The molecule has 1 amide bonds. The molecular formula is C18H17BrN4O5S2. The molecule has 0 saturated carbocycles. The lowest BCUT2D eigenvalue weighted by Gasteiger charge is -2.39. The number of aryl methyl sites for hydroxylation is 1. The van der Waals surface area contributed by atoms with Crippen LogP contribution in [-0.2, 0) is 19.6 Å². The molecule has 1 fully saturated rings. The summed E-state index contributed by atoms with van der Waals surface area (Å²) in [5.74, 6) is -1.32. The van der Waals surface area contributed by atoms with Crippen LogP contribution in [0, 0.1) is 24.2 Å². The first-order valence-corrected chi connectivity index (χ1v) is 11.9. The summed E-state index contributed by atoms with van der Waals surface area (Å²) in [4.78, 5) is 30.5. The number of anilines is 1. The fraction of sp³-hybridized carbons (Fsp3) is 0.333. The molecule has 3 heterocycles. The van der Waals surface area contributed by atoms with Crippen molar-refractivity contribution in [2.45, 2.75) is 18.1 Å². The summed E-state index contributed by atoms with van der Waals surface area (Å²) in [6, 6.07) is 6.45. The van der Waals surface area contributed by atoms with Gasteiger partial charge in [0.2, 0.25) is 5.91 Å². The van der Waals surface area contributed by atoms with E-state index in [9.17, 15) is 23.3 Å². The molecule has 1 N–H and O–H groups in total. The maximum absolute atomic E-state index is 12.3. The zero-order chi connectivity index (χ0) is 22.1. The summed E-state index contributed by atoms with van der Waals surface area (Å²) < 4.78 is 32.3. The highest BCUT2D eigenvalue weighted by Crippen LogP contribution is 2.28. The van der Waals surface area contributed by atoms with Crippen molar-refractivity contribution in [3.05, 3.63) is 38.8 Å². The summed E-state index contributed by atoms with van der Waals surface area (Å²) >= 11 is 4.20. The van der Waals surface area contributed by atoms with Gasteiger partial charge in [0.05, 0.1) is 33.1 Å². The second-order valence-corrected chi connectivity index (χ2v) is 10.8. The topological polar surface area (TPSA) is 129 Å². The number of nitrogens with one attached hydrogen (secondary N) is 1. The van der Waals surface area contributed by atoms with Gasteiger partial charge >= 0.3 is 5.97 Å². The number of aromatic nitrogens is 1. The van der Waals surface area contributed by atoms with Crippen LogP contribution in [0.1, 0.15) is 28.5 Å². The number of rotatable bonds is 6. The smallest absolute Gasteiger partial charge is 0.341 e. The van der Waals surface area contributed by atoms with Gasteiger partial charge < -0.3 is 9.64 Å². The molecule has 9 nitrogen and oxygen atoms in total. The lowest BCUT2D eigenvalue weighted by Crippen LogP contribution is -2.54. The Morgan fingerprint density at radius 2 is 2.13 bits per heavy atom. The maximum atomic E-state index is 12.3. The zero-order valence-electron chi connectivity index (χ0n) is 16.0.